The first-order valence-corrected chi connectivity index (χ1v) is 14.4. The molecular weight excluding hydrogens is 588 g/mol. The number of nitrogens with two attached hydrogens (primary N) is 1. The molecule has 3 N–H and O–H groups in total. The summed E-state index contributed by atoms with van der Waals surface area (Å²) < 4.78 is 36.7. The van der Waals surface area contributed by atoms with Crippen molar-refractivity contribution in [2.24, 2.45) is 5.73 Å². The van der Waals surface area contributed by atoms with E-state index in [1.165, 1.54) is 0 Å². The van der Waals surface area contributed by atoms with Crippen molar-refractivity contribution in [2.45, 2.75) is 12.0 Å². The topological polar surface area (TPSA) is 129 Å². The maximum atomic E-state index is 6.99. The van der Waals surface area contributed by atoms with Crippen molar-refractivity contribution in [3.05, 3.63) is 90.4 Å². The number of nitrogens with zero attached hydrogens (tertiary/aromatic N) is 4. The molecule has 1 unspecified atom stereocenters. The molecule has 0 radical (unpaired) electrons. The summed E-state index contributed by atoms with van der Waals surface area (Å²) >= 11 is 0. The van der Waals surface area contributed by atoms with Gasteiger partial charge in [-0.2, -0.15) is 0 Å². The van der Waals surface area contributed by atoms with Crippen LogP contribution in [0.15, 0.2) is 73.6 Å². The standard InChI is InChI=1S/C34H36N6O6/c1-41-26-12-24(13-27(42-2)32(26)45-5)39-17-30(36-19-39)34(35)10-9-21-7-8-23(11-22(21)16-34)38-31-18-40(20-37-31)25-14-28(43-3)33(46-6)29(15-25)44-4/h7-15,17-20,38H,16,35H2,1-6H3. The summed E-state index contributed by atoms with van der Waals surface area (Å²) in [6, 6.07) is 13.6. The summed E-state index contributed by atoms with van der Waals surface area (Å²) in [5.74, 6) is 3.93. The van der Waals surface area contributed by atoms with Crippen molar-refractivity contribution in [3.8, 4) is 45.9 Å². The number of anilines is 2. The summed E-state index contributed by atoms with van der Waals surface area (Å²) in [6.45, 7) is 0. The molecule has 5 aromatic rings. The Bertz CT molecular complexity index is 1860. The Morgan fingerprint density at radius 3 is 1.78 bits per heavy atom. The Labute approximate surface area is 266 Å². The largest absolute Gasteiger partial charge is 0.493 e. The maximum absolute atomic E-state index is 6.99. The number of rotatable bonds is 11. The number of benzene rings is 3. The first-order valence-electron chi connectivity index (χ1n) is 14.4. The zero-order valence-corrected chi connectivity index (χ0v) is 26.5. The number of ether oxygens (including phenoxy) is 6. The van der Waals surface area contributed by atoms with Gasteiger partial charge in [0.1, 0.15) is 12.1 Å². The fourth-order valence-electron chi connectivity index (χ4n) is 5.60. The van der Waals surface area contributed by atoms with Gasteiger partial charge in [0, 0.05) is 42.6 Å². The molecule has 238 valence electrons. The van der Waals surface area contributed by atoms with Crippen LogP contribution in [0, 0.1) is 0 Å². The first kappa shape index (κ1) is 30.4. The molecule has 0 saturated carbocycles. The monoisotopic (exact) mass is 624 g/mol. The van der Waals surface area contributed by atoms with Crippen LogP contribution in [0.4, 0.5) is 11.5 Å². The fourth-order valence-corrected chi connectivity index (χ4v) is 5.60. The van der Waals surface area contributed by atoms with Gasteiger partial charge in [-0.15, -0.1) is 0 Å². The lowest BCUT2D eigenvalue weighted by Gasteiger charge is -2.29. The van der Waals surface area contributed by atoms with Gasteiger partial charge in [0.15, 0.2) is 23.0 Å². The van der Waals surface area contributed by atoms with E-state index in [1.54, 1.807) is 55.3 Å². The summed E-state index contributed by atoms with van der Waals surface area (Å²) in [7, 11) is 9.50. The first-order chi connectivity index (χ1) is 22.3. The minimum Gasteiger partial charge on any atom is -0.493 e. The molecule has 12 nitrogen and oxygen atoms in total. The highest BCUT2D eigenvalue weighted by Crippen LogP contribution is 2.41. The number of hydrogen-bond donors (Lipinski definition) is 2. The third-order valence-electron chi connectivity index (χ3n) is 8.00. The molecule has 0 bridgehead atoms. The van der Waals surface area contributed by atoms with Gasteiger partial charge in [0.05, 0.1) is 77.8 Å². The summed E-state index contributed by atoms with van der Waals surface area (Å²) in [5.41, 5.74) is 11.6. The Morgan fingerprint density at radius 2 is 1.24 bits per heavy atom. The molecule has 6 rings (SSSR count). The number of methoxy groups -OCH3 is 6. The van der Waals surface area contributed by atoms with Crippen molar-refractivity contribution in [3.63, 3.8) is 0 Å². The molecule has 2 aromatic heterocycles. The Hall–Kier alpha value is -5.62. The van der Waals surface area contributed by atoms with Crippen LogP contribution in [-0.2, 0) is 12.0 Å². The highest BCUT2D eigenvalue weighted by Gasteiger charge is 2.31. The van der Waals surface area contributed by atoms with Crippen molar-refractivity contribution in [1.82, 2.24) is 19.1 Å². The summed E-state index contributed by atoms with van der Waals surface area (Å²) in [4.78, 5) is 9.25. The zero-order valence-electron chi connectivity index (χ0n) is 26.5. The molecule has 0 saturated heterocycles. The van der Waals surface area contributed by atoms with E-state index in [4.69, 9.17) is 39.1 Å². The van der Waals surface area contributed by atoms with Gasteiger partial charge < -0.3 is 48.6 Å². The van der Waals surface area contributed by atoms with E-state index < -0.39 is 5.54 Å². The molecular formula is C34H36N6O6. The van der Waals surface area contributed by atoms with Crippen LogP contribution in [0.5, 0.6) is 34.5 Å². The lowest BCUT2D eigenvalue weighted by atomic mass is 9.82. The van der Waals surface area contributed by atoms with Gasteiger partial charge in [-0.05, 0) is 23.3 Å². The molecule has 1 aliphatic rings. The van der Waals surface area contributed by atoms with Crippen molar-refractivity contribution in [2.75, 3.05) is 48.0 Å². The molecule has 1 atom stereocenters. The molecule has 0 fully saturated rings. The SMILES string of the molecule is COc1cc(-n2cnc(Nc3ccc4c(c3)CC(N)(c3cn(-c5cc(OC)c(OC)c(OC)c5)cn3)C=C4)c2)cc(OC)c1OC. The van der Waals surface area contributed by atoms with E-state index in [0.29, 0.717) is 46.7 Å². The second-order valence-electron chi connectivity index (χ2n) is 10.7. The molecule has 0 aliphatic heterocycles. The highest BCUT2D eigenvalue weighted by atomic mass is 16.5. The van der Waals surface area contributed by atoms with Crippen LogP contribution in [0.2, 0.25) is 0 Å². The van der Waals surface area contributed by atoms with Crippen LogP contribution in [0.25, 0.3) is 17.5 Å². The van der Waals surface area contributed by atoms with Crippen molar-refractivity contribution in [1.29, 1.82) is 0 Å². The zero-order chi connectivity index (χ0) is 32.4. The lowest BCUT2D eigenvalue weighted by Crippen LogP contribution is -2.39. The number of imidazole rings is 2. The van der Waals surface area contributed by atoms with E-state index in [2.05, 4.69) is 22.4 Å². The predicted molar refractivity (Wildman–Crippen MR) is 175 cm³/mol. The molecule has 3 aromatic carbocycles. The van der Waals surface area contributed by atoms with Crippen LogP contribution in [0.1, 0.15) is 16.8 Å². The van der Waals surface area contributed by atoms with Gasteiger partial charge in [0.2, 0.25) is 11.5 Å². The maximum Gasteiger partial charge on any atom is 0.203 e. The second kappa shape index (κ2) is 12.4. The number of aromatic nitrogens is 4. The Morgan fingerprint density at radius 1 is 0.696 bits per heavy atom. The molecule has 2 heterocycles. The summed E-state index contributed by atoms with van der Waals surface area (Å²) in [6.07, 6.45) is 11.9. The molecule has 0 amide bonds. The third-order valence-corrected chi connectivity index (χ3v) is 8.00. The lowest BCUT2D eigenvalue weighted by molar-refractivity contribution is 0.324. The van der Waals surface area contributed by atoms with Crippen LogP contribution in [-0.4, -0.2) is 61.8 Å². The van der Waals surface area contributed by atoms with Gasteiger partial charge in [-0.3, -0.25) is 0 Å². The number of nitrogens with one attached hydrogen (secondary N) is 1. The molecule has 46 heavy (non-hydrogen) atoms. The smallest absolute Gasteiger partial charge is 0.203 e. The van der Waals surface area contributed by atoms with Gasteiger partial charge in [-0.1, -0.05) is 18.2 Å². The van der Waals surface area contributed by atoms with Gasteiger partial charge >= 0.3 is 0 Å². The van der Waals surface area contributed by atoms with Crippen LogP contribution >= 0.6 is 0 Å². The van der Waals surface area contributed by atoms with Crippen LogP contribution in [0.3, 0.4) is 0 Å². The van der Waals surface area contributed by atoms with Crippen LogP contribution < -0.4 is 39.5 Å². The number of fused-ring (bicyclic) bond motifs is 1. The average molecular weight is 625 g/mol. The minimum atomic E-state index is -0.814. The van der Waals surface area contributed by atoms with E-state index in [1.807, 2.05) is 64.0 Å². The van der Waals surface area contributed by atoms with Crippen molar-refractivity contribution >= 4 is 17.6 Å². The predicted octanol–water partition coefficient (Wildman–Crippen LogP) is 5.28. The van der Waals surface area contributed by atoms with E-state index in [9.17, 15) is 0 Å². The summed E-state index contributed by atoms with van der Waals surface area (Å²) in [5, 5.41) is 3.41. The van der Waals surface area contributed by atoms with E-state index in [0.717, 1.165) is 33.9 Å². The average Bonchev–Trinajstić information content (AvgIpc) is 3.78. The third kappa shape index (κ3) is 5.54. The molecule has 0 spiro atoms. The van der Waals surface area contributed by atoms with Gasteiger partial charge in [-0.25, -0.2) is 9.97 Å². The minimum absolute atomic E-state index is 0.522. The van der Waals surface area contributed by atoms with Gasteiger partial charge in [0.25, 0.3) is 0 Å². The number of hydrogen-bond acceptors (Lipinski definition) is 10. The quantitative estimate of drug-likeness (QED) is 0.200. The van der Waals surface area contributed by atoms with Crippen molar-refractivity contribution < 1.29 is 28.4 Å². The fraction of sp³-hybridized carbons (Fsp3) is 0.235. The van der Waals surface area contributed by atoms with E-state index in [-0.39, 0.29) is 0 Å². The normalized spacial score (nSPS) is 15.2. The van der Waals surface area contributed by atoms with E-state index >= 15 is 0 Å². The second-order valence-corrected chi connectivity index (χ2v) is 10.7. The molecule has 1 aliphatic carbocycles. The Balaban J connectivity index is 1.22. The highest BCUT2D eigenvalue weighted by molar-refractivity contribution is 5.67. The molecule has 12 heteroatoms. The Kier molecular flexibility index (Phi) is 8.20.